The Balaban J connectivity index is 1.86. The van der Waals surface area contributed by atoms with Crippen LogP contribution >= 0.6 is 0 Å². The van der Waals surface area contributed by atoms with Crippen LogP contribution in [0.4, 0.5) is 5.95 Å². The summed E-state index contributed by atoms with van der Waals surface area (Å²) in [5.74, 6) is 1.58. The van der Waals surface area contributed by atoms with Gasteiger partial charge in [-0.15, -0.1) is 5.10 Å². The maximum Gasteiger partial charge on any atom is 0.245 e. The largest absolute Gasteiger partial charge is 0.337 e. The molecule has 3 rings (SSSR count). The maximum absolute atomic E-state index is 4.64. The number of hydrogen-bond donors (Lipinski definition) is 2. The molecule has 0 amide bonds. The third kappa shape index (κ3) is 2.40. The Hall–Kier alpha value is -1.89. The standard InChI is InChI=1S/C13H21N7/c1-4-11-10(8-19(3)18-11)12-15-13(17-16-12)20-6-5-14-9(2)7-20/h8-9,14H,4-7H2,1-3H3,(H,15,16,17)/t9-/m0/s1. The van der Waals surface area contributed by atoms with Crippen LogP contribution in [0.5, 0.6) is 0 Å². The topological polar surface area (TPSA) is 74.7 Å². The van der Waals surface area contributed by atoms with E-state index in [0.29, 0.717) is 6.04 Å². The van der Waals surface area contributed by atoms with E-state index in [4.69, 9.17) is 0 Å². The highest BCUT2D eigenvalue weighted by Gasteiger charge is 2.20. The molecule has 1 aliphatic heterocycles. The SMILES string of the molecule is CCc1nn(C)cc1-c1nc(N2CCN[C@@H](C)C2)n[nH]1. The zero-order chi connectivity index (χ0) is 14.1. The Morgan fingerprint density at radius 2 is 2.30 bits per heavy atom. The molecule has 0 unspecified atom stereocenters. The summed E-state index contributed by atoms with van der Waals surface area (Å²) in [5, 5.41) is 15.3. The lowest BCUT2D eigenvalue weighted by Gasteiger charge is -2.30. The molecule has 2 aromatic rings. The molecule has 0 saturated carbocycles. The predicted octanol–water partition coefficient (Wildman–Crippen LogP) is 0.566. The van der Waals surface area contributed by atoms with Gasteiger partial charge in [0, 0.05) is 38.9 Å². The summed E-state index contributed by atoms with van der Waals surface area (Å²) in [6, 6.07) is 0.468. The van der Waals surface area contributed by atoms with Crippen molar-refractivity contribution in [3.05, 3.63) is 11.9 Å². The highest BCUT2D eigenvalue weighted by atomic mass is 15.4. The monoisotopic (exact) mass is 275 g/mol. The van der Waals surface area contributed by atoms with Crippen LogP contribution in [0.2, 0.25) is 0 Å². The van der Waals surface area contributed by atoms with E-state index in [1.54, 1.807) is 0 Å². The third-order valence-electron chi connectivity index (χ3n) is 3.62. The summed E-state index contributed by atoms with van der Waals surface area (Å²) < 4.78 is 1.82. The molecule has 0 spiro atoms. The van der Waals surface area contributed by atoms with Crippen LogP contribution in [-0.2, 0) is 13.5 Å². The van der Waals surface area contributed by atoms with E-state index in [-0.39, 0.29) is 0 Å². The first-order chi connectivity index (χ1) is 9.67. The van der Waals surface area contributed by atoms with Gasteiger partial charge in [-0.1, -0.05) is 6.92 Å². The second-order valence-electron chi connectivity index (χ2n) is 5.30. The lowest BCUT2D eigenvalue weighted by molar-refractivity contribution is 0.480. The molecule has 1 fully saturated rings. The Morgan fingerprint density at radius 3 is 3.05 bits per heavy atom. The van der Waals surface area contributed by atoms with Crippen molar-refractivity contribution in [1.29, 1.82) is 0 Å². The molecule has 2 N–H and O–H groups in total. The second-order valence-corrected chi connectivity index (χ2v) is 5.30. The van der Waals surface area contributed by atoms with E-state index in [1.165, 1.54) is 0 Å². The number of nitrogens with zero attached hydrogens (tertiary/aromatic N) is 5. The first-order valence-corrected chi connectivity index (χ1v) is 7.11. The number of nitrogens with one attached hydrogen (secondary N) is 2. The Morgan fingerprint density at radius 1 is 1.45 bits per heavy atom. The van der Waals surface area contributed by atoms with Crippen LogP contribution in [0.25, 0.3) is 11.4 Å². The Labute approximate surface area is 118 Å². The van der Waals surface area contributed by atoms with Crippen LogP contribution in [0.15, 0.2) is 6.20 Å². The minimum atomic E-state index is 0.468. The van der Waals surface area contributed by atoms with Gasteiger partial charge in [0.1, 0.15) is 0 Å². The van der Waals surface area contributed by atoms with Crippen molar-refractivity contribution < 1.29 is 0 Å². The lowest BCUT2D eigenvalue weighted by atomic mass is 10.2. The molecule has 1 atom stereocenters. The highest BCUT2D eigenvalue weighted by Crippen LogP contribution is 2.21. The molecule has 108 valence electrons. The number of aromatic nitrogens is 5. The molecule has 0 aromatic carbocycles. The van der Waals surface area contributed by atoms with E-state index in [1.807, 2.05) is 17.9 Å². The molecular weight excluding hydrogens is 254 g/mol. The van der Waals surface area contributed by atoms with Crippen molar-refractivity contribution in [3.8, 4) is 11.4 Å². The van der Waals surface area contributed by atoms with E-state index in [0.717, 1.165) is 49.1 Å². The molecule has 0 radical (unpaired) electrons. The quantitative estimate of drug-likeness (QED) is 0.856. The highest BCUT2D eigenvalue weighted by molar-refractivity contribution is 5.58. The van der Waals surface area contributed by atoms with Gasteiger partial charge >= 0.3 is 0 Å². The minimum absolute atomic E-state index is 0.468. The minimum Gasteiger partial charge on any atom is -0.337 e. The number of H-pyrrole nitrogens is 1. The molecule has 1 saturated heterocycles. The normalized spacial score (nSPS) is 19.6. The molecular formula is C13H21N7. The lowest BCUT2D eigenvalue weighted by Crippen LogP contribution is -2.49. The van der Waals surface area contributed by atoms with Gasteiger partial charge in [-0.3, -0.25) is 9.78 Å². The predicted molar refractivity (Wildman–Crippen MR) is 77.6 cm³/mol. The molecule has 0 aliphatic carbocycles. The molecule has 20 heavy (non-hydrogen) atoms. The average molecular weight is 275 g/mol. The van der Waals surface area contributed by atoms with E-state index in [2.05, 4.69) is 44.3 Å². The van der Waals surface area contributed by atoms with Crippen LogP contribution < -0.4 is 10.2 Å². The number of hydrogen-bond acceptors (Lipinski definition) is 5. The van der Waals surface area contributed by atoms with Crippen LogP contribution in [-0.4, -0.2) is 50.6 Å². The van der Waals surface area contributed by atoms with E-state index in [9.17, 15) is 0 Å². The van der Waals surface area contributed by atoms with Crippen molar-refractivity contribution >= 4 is 5.95 Å². The summed E-state index contributed by atoms with van der Waals surface area (Å²) in [6.07, 6.45) is 2.88. The first kappa shape index (κ1) is 13.1. The summed E-state index contributed by atoms with van der Waals surface area (Å²) >= 11 is 0. The molecule has 0 bridgehead atoms. The van der Waals surface area contributed by atoms with Crippen molar-refractivity contribution in [2.75, 3.05) is 24.5 Å². The molecule has 2 aromatic heterocycles. The first-order valence-electron chi connectivity index (χ1n) is 7.11. The summed E-state index contributed by atoms with van der Waals surface area (Å²) in [4.78, 5) is 6.85. The van der Waals surface area contributed by atoms with E-state index >= 15 is 0 Å². The fourth-order valence-corrected chi connectivity index (χ4v) is 2.62. The second kappa shape index (κ2) is 5.24. The molecule has 1 aliphatic rings. The smallest absolute Gasteiger partial charge is 0.245 e. The molecule has 7 heteroatoms. The van der Waals surface area contributed by atoms with Gasteiger partial charge < -0.3 is 10.2 Å². The van der Waals surface area contributed by atoms with Crippen molar-refractivity contribution in [1.82, 2.24) is 30.3 Å². The van der Waals surface area contributed by atoms with Gasteiger partial charge in [-0.25, -0.2) is 0 Å². The van der Waals surface area contributed by atoms with Crippen molar-refractivity contribution in [3.63, 3.8) is 0 Å². The van der Waals surface area contributed by atoms with Gasteiger partial charge in [0.05, 0.1) is 11.3 Å². The van der Waals surface area contributed by atoms with Crippen LogP contribution in [0.1, 0.15) is 19.5 Å². The summed E-state index contributed by atoms with van der Waals surface area (Å²) in [7, 11) is 1.93. The number of aryl methyl sites for hydroxylation is 2. The third-order valence-corrected chi connectivity index (χ3v) is 3.62. The number of rotatable bonds is 3. The van der Waals surface area contributed by atoms with Gasteiger partial charge in [0.2, 0.25) is 5.95 Å². The molecule has 7 nitrogen and oxygen atoms in total. The maximum atomic E-state index is 4.64. The van der Waals surface area contributed by atoms with Gasteiger partial charge in [0.15, 0.2) is 5.82 Å². The van der Waals surface area contributed by atoms with Gasteiger partial charge in [-0.2, -0.15) is 10.1 Å². The molecule has 3 heterocycles. The number of piperazine rings is 1. The number of anilines is 1. The Bertz CT molecular complexity index is 585. The average Bonchev–Trinajstić information content (AvgIpc) is 3.04. The van der Waals surface area contributed by atoms with Gasteiger partial charge in [0.25, 0.3) is 0 Å². The summed E-state index contributed by atoms with van der Waals surface area (Å²) in [5.41, 5.74) is 2.08. The van der Waals surface area contributed by atoms with Gasteiger partial charge in [-0.05, 0) is 13.3 Å². The fraction of sp³-hybridized carbons (Fsp3) is 0.615. The Kier molecular flexibility index (Phi) is 3.43. The van der Waals surface area contributed by atoms with E-state index < -0.39 is 0 Å². The van der Waals surface area contributed by atoms with Crippen LogP contribution in [0, 0.1) is 0 Å². The van der Waals surface area contributed by atoms with Crippen molar-refractivity contribution in [2.45, 2.75) is 26.3 Å². The fourth-order valence-electron chi connectivity index (χ4n) is 2.62. The zero-order valence-electron chi connectivity index (χ0n) is 12.2. The zero-order valence-corrected chi connectivity index (χ0v) is 12.2. The van der Waals surface area contributed by atoms with Crippen LogP contribution in [0.3, 0.4) is 0 Å². The summed E-state index contributed by atoms with van der Waals surface area (Å²) in [6.45, 7) is 7.12. The van der Waals surface area contributed by atoms with Crippen molar-refractivity contribution in [2.24, 2.45) is 7.05 Å². The number of aromatic amines is 1.